The molecular formula is C10H15NO2. The van der Waals surface area contributed by atoms with Crippen molar-refractivity contribution < 1.29 is 9.59 Å². The van der Waals surface area contributed by atoms with Crippen molar-refractivity contribution in [2.24, 2.45) is 5.92 Å². The summed E-state index contributed by atoms with van der Waals surface area (Å²) < 4.78 is 0. The topological polar surface area (TPSA) is 46.2 Å². The number of hydrogen-bond acceptors (Lipinski definition) is 2. The molecule has 2 rings (SSSR count). The summed E-state index contributed by atoms with van der Waals surface area (Å²) in [5.74, 6) is 0.602. The third-order valence-corrected chi connectivity index (χ3v) is 3.45. The predicted molar refractivity (Wildman–Crippen MR) is 48.1 cm³/mol. The molecule has 2 aliphatic carbocycles. The van der Waals surface area contributed by atoms with Gasteiger partial charge in [0, 0.05) is 13.3 Å². The summed E-state index contributed by atoms with van der Waals surface area (Å²) in [5, 5.41) is 2.86. The molecule has 3 nitrogen and oxygen atoms in total. The first-order valence-corrected chi connectivity index (χ1v) is 4.97. The Bertz CT molecular complexity index is 258. The van der Waals surface area contributed by atoms with Gasteiger partial charge in [-0.2, -0.15) is 0 Å². The van der Waals surface area contributed by atoms with Gasteiger partial charge in [-0.25, -0.2) is 0 Å². The van der Waals surface area contributed by atoms with Gasteiger partial charge in [-0.15, -0.1) is 0 Å². The van der Waals surface area contributed by atoms with Crippen molar-refractivity contribution in [3.05, 3.63) is 0 Å². The maximum absolute atomic E-state index is 11.5. The summed E-state index contributed by atoms with van der Waals surface area (Å²) in [6.07, 6.45) is 4.92. The number of hydrogen-bond donors (Lipinski definition) is 1. The smallest absolute Gasteiger partial charge is 0.217 e. The van der Waals surface area contributed by atoms with Gasteiger partial charge in [0.25, 0.3) is 0 Å². The molecule has 0 radical (unpaired) electrons. The van der Waals surface area contributed by atoms with E-state index in [1.165, 1.54) is 13.3 Å². The van der Waals surface area contributed by atoms with Crippen molar-refractivity contribution in [3.63, 3.8) is 0 Å². The van der Waals surface area contributed by atoms with Crippen LogP contribution in [-0.2, 0) is 9.59 Å². The van der Waals surface area contributed by atoms with Crippen LogP contribution in [0.2, 0.25) is 0 Å². The molecule has 0 aliphatic heterocycles. The Kier molecular flexibility index (Phi) is 1.90. The summed E-state index contributed by atoms with van der Waals surface area (Å²) in [7, 11) is 0. The van der Waals surface area contributed by atoms with E-state index in [9.17, 15) is 9.59 Å². The lowest BCUT2D eigenvalue weighted by atomic mass is 9.60. The fourth-order valence-electron chi connectivity index (χ4n) is 2.38. The van der Waals surface area contributed by atoms with Crippen LogP contribution in [0, 0.1) is 5.92 Å². The molecule has 0 spiro atoms. The monoisotopic (exact) mass is 181 g/mol. The Labute approximate surface area is 77.9 Å². The van der Waals surface area contributed by atoms with Crippen molar-refractivity contribution in [1.82, 2.24) is 5.32 Å². The van der Waals surface area contributed by atoms with E-state index < -0.39 is 5.54 Å². The first-order chi connectivity index (χ1) is 6.15. The Morgan fingerprint density at radius 3 is 2.46 bits per heavy atom. The fourth-order valence-corrected chi connectivity index (χ4v) is 2.38. The summed E-state index contributed by atoms with van der Waals surface area (Å²) in [5.41, 5.74) is -0.440. The highest BCUT2D eigenvalue weighted by Gasteiger charge is 2.53. The lowest BCUT2D eigenvalue weighted by molar-refractivity contribution is -0.143. The molecule has 2 aliphatic rings. The van der Waals surface area contributed by atoms with Crippen LogP contribution >= 0.6 is 0 Å². The molecule has 72 valence electrons. The van der Waals surface area contributed by atoms with Gasteiger partial charge >= 0.3 is 0 Å². The third-order valence-electron chi connectivity index (χ3n) is 3.45. The van der Waals surface area contributed by atoms with E-state index >= 15 is 0 Å². The van der Waals surface area contributed by atoms with E-state index in [4.69, 9.17) is 0 Å². The molecule has 0 aromatic rings. The summed E-state index contributed by atoms with van der Waals surface area (Å²) in [6.45, 7) is 1.49. The van der Waals surface area contributed by atoms with Crippen LogP contribution in [0.3, 0.4) is 0 Å². The Hall–Kier alpha value is -0.860. The van der Waals surface area contributed by atoms with Crippen LogP contribution in [0.25, 0.3) is 0 Å². The number of ketones is 1. The Morgan fingerprint density at radius 1 is 1.54 bits per heavy atom. The van der Waals surface area contributed by atoms with Gasteiger partial charge in [0.2, 0.25) is 5.91 Å². The normalized spacial score (nSPS) is 33.5. The first-order valence-electron chi connectivity index (χ1n) is 4.97. The predicted octanol–water partition coefficient (Wildman–Crippen LogP) is 1.02. The van der Waals surface area contributed by atoms with Crippen LogP contribution in [0.5, 0.6) is 0 Å². The third kappa shape index (κ3) is 1.18. The largest absolute Gasteiger partial charge is 0.344 e. The van der Waals surface area contributed by atoms with E-state index in [1.54, 1.807) is 0 Å². The molecule has 1 N–H and O–H groups in total. The number of carbonyl (C=O) groups excluding carboxylic acids is 2. The number of amides is 1. The minimum absolute atomic E-state index is 0.0695. The van der Waals surface area contributed by atoms with Gasteiger partial charge in [0.05, 0.1) is 0 Å². The molecule has 2 fully saturated rings. The molecular weight excluding hydrogens is 166 g/mol. The fraction of sp³-hybridized carbons (Fsp3) is 0.800. The maximum Gasteiger partial charge on any atom is 0.217 e. The second-order valence-corrected chi connectivity index (χ2v) is 4.20. The van der Waals surface area contributed by atoms with Crippen molar-refractivity contribution in [2.75, 3.05) is 0 Å². The molecule has 0 aromatic heterocycles. The molecule has 0 bridgehead atoms. The zero-order valence-electron chi connectivity index (χ0n) is 7.93. The van der Waals surface area contributed by atoms with Crippen LogP contribution in [0.1, 0.15) is 39.0 Å². The van der Waals surface area contributed by atoms with Gasteiger partial charge in [0.1, 0.15) is 5.54 Å². The van der Waals surface area contributed by atoms with Gasteiger partial charge in [-0.1, -0.05) is 6.42 Å². The van der Waals surface area contributed by atoms with Crippen molar-refractivity contribution in [2.45, 2.75) is 44.6 Å². The second-order valence-electron chi connectivity index (χ2n) is 4.20. The standard InChI is InChI=1S/C10H15NO2/c1-7(12)11-10(6-5-9(10)13)8-3-2-4-8/h8H,2-6H2,1H3,(H,11,12)/t10-/m1/s1. The molecule has 2 saturated carbocycles. The highest BCUT2D eigenvalue weighted by molar-refractivity contribution is 5.98. The number of nitrogens with one attached hydrogen (secondary N) is 1. The molecule has 0 unspecified atom stereocenters. The molecule has 13 heavy (non-hydrogen) atoms. The Morgan fingerprint density at radius 2 is 2.23 bits per heavy atom. The lowest BCUT2D eigenvalue weighted by Crippen LogP contribution is -2.66. The minimum Gasteiger partial charge on any atom is -0.344 e. The molecule has 1 atom stereocenters. The first kappa shape index (κ1) is 8.73. The van der Waals surface area contributed by atoms with Gasteiger partial charge in [0.15, 0.2) is 5.78 Å². The number of Topliss-reactive ketones (excluding diaryl/α,β-unsaturated/α-hetero) is 1. The van der Waals surface area contributed by atoms with E-state index in [0.717, 1.165) is 19.3 Å². The van der Waals surface area contributed by atoms with Gasteiger partial charge < -0.3 is 5.32 Å². The van der Waals surface area contributed by atoms with Crippen LogP contribution < -0.4 is 5.32 Å². The number of carbonyl (C=O) groups is 2. The van der Waals surface area contributed by atoms with Crippen LogP contribution in [0.15, 0.2) is 0 Å². The zero-order valence-corrected chi connectivity index (χ0v) is 7.93. The minimum atomic E-state index is -0.440. The number of rotatable bonds is 2. The summed E-state index contributed by atoms with van der Waals surface area (Å²) in [6, 6.07) is 0. The van der Waals surface area contributed by atoms with E-state index in [-0.39, 0.29) is 11.7 Å². The average Bonchev–Trinajstić information content (AvgIpc) is 1.96. The van der Waals surface area contributed by atoms with Crippen molar-refractivity contribution >= 4 is 11.7 Å². The molecule has 0 aromatic carbocycles. The SMILES string of the molecule is CC(=O)N[C@@]1(C2CCC2)CCC1=O. The van der Waals surface area contributed by atoms with E-state index in [2.05, 4.69) is 5.32 Å². The van der Waals surface area contributed by atoms with Gasteiger partial charge in [-0.05, 0) is 25.2 Å². The van der Waals surface area contributed by atoms with Crippen molar-refractivity contribution in [1.29, 1.82) is 0 Å². The Balaban J connectivity index is 2.10. The maximum atomic E-state index is 11.5. The summed E-state index contributed by atoms with van der Waals surface area (Å²) >= 11 is 0. The molecule has 3 heteroatoms. The average molecular weight is 181 g/mol. The molecule has 1 amide bonds. The van der Waals surface area contributed by atoms with Gasteiger partial charge in [-0.3, -0.25) is 9.59 Å². The highest BCUT2D eigenvalue weighted by Crippen LogP contribution is 2.45. The van der Waals surface area contributed by atoms with E-state index in [1.807, 2.05) is 0 Å². The second kappa shape index (κ2) is 2.82. The highest BCUT2D eigenvalue weighted by atomic mass is 16.2. The zero-order chi connectivity index (χ0) is 9.47. The van der Waals surface area contributed by atoms with Crippen LogP contribution in [-0.4, -0.2) is 17.2 Å². The summed E-state index contributed by atoms with van der Waals surface area (Å²) in [4.78, 5) is 22.5. The lowest BCUT2D eigenvalue weighted by Gasteiger charge is -2.50. The van der Waals surface area contributed by atoms with E-state index in [0.29, 0.717) is 12.3 Å². The van der Waals surface area contributed by atoms with Crippen LogP contribution in [0.4, 0.5) is 0 Å². The quantitative estimate of drug-likeness (QED) is 0.691. The molecule has 0 heterocycles. The molecule has 0 saturated heterocycles. The van der Waals surface area contributed by atoms with Crippen molar-refractivity contribution in [3.8, 4) is 0 Å².